The Morgan fingerprint density at radius 2 is 2.20 bits per heavy atom. The van der Waals surface area contributed by atoms with Crippen molar-refractivity contribution in [1.29, 1.82) is 0 Å². The Balaban J connectivity index is 2.37. The molecule has 9 nitrogen and oxygen atoms in total. The summed E-state index contributed by atoms with van der Waals surface area (Å²) in [5.41, 5.74) is -0.572. The lowest BCUT2D eigenvalue weighted by Crippen LogP contribution is -2.33. The van der Waals surface area contributed by atoms with Crippen molar-refractivity contribution in [2.24, 2.45) is 0 Å². The molecule has 2 rings (SSSR count). The van der Waals surface area contributed by atoms with E-state index in [1.54, 1.807) is 0 Å². The molecule has 0 unspecified atom stereocenters. The largest absolute Gasteiger partial charge is 0.394 e. The molecule has 0 saturated carbocycles. The zero-order valence-electron chi connectivity index (χ0n) is 10.6. The molecule has 1 aromatic heterocycles. The second-order valence-electron chi connectivity index (χ2n) is 4.41. The number of aliphatic hydroxyl groups is 3. The first-order valence-corrected chi connectivity index (χ1v) is 5.93. The van der Waals surface area contributed by atoms with E-state index >= 15 is 0 Å². The number of anilines is 1. The first-order chi connectivity index (χ1) is 9.43. The Hall–Kier alpha value is -1.81. The molecule has 4 atom stereocenters. The van der Waals surface area contributed by atoms with Crippen molar-refractivity contribution in [2.45, 2.75) is 31.5 Å². The molecule has 0 aromatic carbocycles. The summed E-state index contributed by atoms with van der Waals surface area (Å²) < 4.78 is 6.52. The van der Waals surface area contributed by atoms with E-state index in [9.17, 15) is 19.8 Å². The number of aliphatic hydroxyl groups excluding tert-OH is 3. The SMILES string of the molecule is CC(=O)Nc1nc(=O)ccn1[C@@H]1O[C@H](CO)[C@@H](O)[C@H]1O. The maximum atomic E-state index is 11.2. The van der Waals surface area contributed by atoms with E-state index in [4.69, 9.17) is 9.84 Å². The number of ether oxygens (including phenoxy) is 1. The van der Waals surface area contributed by atoms with Gasteiger partial charge in [-0.1, -0.05) is 0 Å². The van der Waals surface area contributed by atoms with E-state index in [0.29, 0.717) is 0 Å². The Bertz CT molecular complexity index is 559. The summed E-state index contributed by atoms with van der Waals surface area (Å²) in [5.74, 6) is -0.566. The van der Waals surface area contributed by atoms with Crippen LogP contribution in [0.3, 0.4) is 0 Å². The Morgan fingerprint density at radius 3 is 2.75 bits per heavy atom. The third-order valence-electron chi connectivity index (χ3n) is 2.92. The number of aromatic nitrogens is 2. The van der Waals surface area contributed by atoms with Crippen LogP contribution in [0.1, 0.15) is 13.2 Å². The summed E-state index contributed by atoms with van der Waals surface area (Å²) >= 11 is 0. The second-order valence-corrected chi connectivity index (χ2v) is 4.41. The molecule has 20 heavy (non-hydrogen) atoms. The first-order valence-electron chi connectivity index (χ1n) is 5.93. The minimum atomic E-state index is -1.33. The number of hydrogen-bond acceptors (Lipinski definition) is 7. The highest BCUT2D eigenvalue weighted by molar-refractivity contribution is 5.86. The quantitative estimate of drug-likeness (QED) is 0.495. The summed E-state index contributed by atoms with van der Waals surface area (Å²) in [7, 11) is 0. The predicted octanol–water partition coefficient (Wildman–Crippen LogP) is -2.19. The molecule has 0 aliphatic carbocycles. The van der Waals surface area contributed by atoms with Crippen LogP contribution in [0.15, 0.2) is 17.1 Å². The number of nitrogens with zero attached hydrogens (tertiary/aromatic N) is 2. The number of nitrogens with one attached hydrogen (secondary N) is 1. The van der Waals surface area contributed by atoms with Crippen molar-refractivity contribution in [3.8, 4) is 0 Å². The lowest BCUT2D eigenvalue weighted by Gasteiger charge is -2.21. The van der Waals surface area contributed by atoms with Crippen molar-refractivity contribution in [1.82, 2.24) is 9.55 Å². The van der Waals surface area contributed by atoms with Gasteiger partial charge in [0.05, 0.1) is 6.61 Å². The molecule has 2 heterocycles. The smallest absolute Gasteiger partial charge is 0.274 e. The van der Waals surface area contributed by atoms with Gasteiger partial charge in [0.15, 0.2) is 6.23 Å². The molecule has 1 aromatic rings. The monoisotopic (exact) mass is 285 g/mol. The van der Waals surface area contributed by atoms with Gasteiger partial charge in [-0.3, -0.25) is 19.5 Å². The average molecular weight is 285 g/mol. The number of carbonyl (C=O) groups is 1. The van der Waals surface area contributed by atoms with Crippen LogP contribution in [0.5, 0.6) is 0 Å². The van der Waals surface area contributed by atoms with Crippen molar-refractivity contribution in [2.75, 3.05) is 11.9 Å². The summed E-state index contributed by atoms with van der Waals surface area (Å²) in [4.78, 5) is 25.9. The van der Waals surface area contributed by atoms with Gasteiger partial charge >= 0.3 is 0 Å². The van der Waals surface area contributed by atoms with Gasteiger partial charge in [-0.05, 0) is 0 Å². The molecule has 4 N–H and O–H groups in total. The second kappa shape index (κ2) is 5.67. The summed E-state index contributed by atoms with van der Waals surface area (Å²) in [6, 6.07) is 1.13. The molecule has 0 bridgehead atoms. The fraction of sp³-hybridized carbons (Fsp3) is 0.545. The molecule has 0 radical (unpaired) electrons. The number of rotatable bonds is 3. The van der Waals surface area contributed by atoms with Gasteiger partial charge in [-0.2, -0.15) is 4.98 Å². The number of carbonyl (C=O) groups excluding carboxylic acids is 1. The molecule has 1 aliphatic rings. The third-order valence-corrected chi connectivity index (χ3v) is 2.92. The van der Waals surface area contributed by atoms with Crippen LogP contribution >= 0.6 is 0 Å². The molecule has 9 heteroatoms. The van der Waals surface area contributed by atoms with E-state index in [0.717, 1.165) is 6.07 Å². The number of hydrogen-bond donors (Lipinski definition) is 4. The minimum Gasteiger partial charge on any atom is -0.394 e. The van der Waals surface area contributed by atoms with E-state index in [-0.39, 0.29) is 5.95 Å². The van der Waals surface area contributed by atoms with Crippen LogP contribution in [0, 0.1) is 0 Å². The molecule has 1 aliphatic heterocycles. The van der Waals surface area contributed by atoms with E-state index in [1.165, 1.54) is 17.7 Å². The van der Waals surface area contributed by atoms with Crippen LogP contribution in [-0.2, 0) is 9.53 Å². The normalized spacial score (nSPS) is 29.4. The highest BCUT2D eigenvalue weighted by atomic mass is 16.6. The van der Waals surface area contributed by atoms with E-state index in [2.05, 4.69) is 10.3 Å². The summed E-state index contributed by atoms with van der Waals surface area (Å²) in [6.45, 7) is 0.763. The van der Waals surface area contributed by atoms with Gasteiger partial charge in [0.25, 0.3) is 5.56 Å². The maximum Gasteiger partial charge on any atom is 0.274 e. The van der Waals surface area contributed by atoms with Crippen LogP contribution in [0.2, 0.25) is 0 Å². The molecule has 110 valence electrons. The van der Waals surface area contributed by atoms with Crippen molar-refractivity contribution in [3.63, 3.8) is 0 Å². The van der Waals surface area contributed by atoms with Crippen LogP contribution < -0.4 is 10.9 Å². The fourth-order valence-corrected chi connectivity index (χ4v) is 1.98. The zero-order valence-corrected chi connectivity index (χ0v) is 10.6. The molecule has 1 fully saturated rings. The molecule has 0 spiro atoms. The summed E-state index contributed by atoms with van der Waals surface area (Å²) in [5, 5.41) is 31.0. The molecular formula is C11H15N3O6. The van der Waals surface area contributed by atoms with Gasteiger partial charge in [-0.15, -0.1) is 0 Å². The van der Waals surface area contributed by atoms with Gasteiger partial charge in [0.1, 0.15) is 18.3 Å². The van der Waals surface area contributed by atoms with Crippen LogP contribution in [0.25, 0.3) is 0 Å². The van der Waals surface area contributed by atoms with Gasteiger partial charge in [0, 0.05) is 19.2 Å². The fourth-order valence-electron chi connectivity index (χ4n) is 1.98. The Labute approximate surface area is 113 Å². The van der Waals surface area contributed by atoms with Crippen molar-refractivity contribution < 1.29 is 24.9 Å². The standard InChI is InChI=1S/C11H15N3O6/c1-5(16)12-11-13-7(17)2-3-14(11)10-9(19)8(18)6(4-15)20-10/h2-3,6,8-10,15,18-19H,4H2,1H3,(H,12,13,16,17)/t6-,8-,9-,10-/m1/s1. The summed E-state index contributed by atoms with van der Waals surface area (Å²) in [6.07, 6.45) is -3.36. The number of amides is 1. The lowest BCUT2D eigenvalue weighted by atomic mass is 10.1. The van der Waals surface area contributed by atoms with Crippen LogP contribution in [-0.4, -0.2) is 55.7 Å². The van der Waals surface area contributed by atoms with Crippen molar-refractivity contribution >= 4 is 11.9 Å². The van der Waals surface area contributed by atoms with Gasteiger partial charge < -0.3 is 20.1 Å². The van der Waals surface area contributed by atoms with Crippen LogP contribution in [0.4, 0.5) is 5.95 Å². The maximum absolute atomic E-state index is 11.2. The molecular weight excluding hydrogens is 270 g/mol. The predicted molar refractivity (Wildman–Crippen MR) is 65.8 cm³/mol. The highest BCUT2D eigenvalue weighted by Gasteiger charge is 2.43. The zero-order chi connectivity index (χ0) is 14.9. The van der Waals surface area contributed by atoms with Gasteiger partial charge in [0.2, 0.25) is 11.9 Å². The lowest BCUT2D eigenvalue weighted by molar-refractivity contribution is -0.114. The first kappa shape index (κ1) is 14.6. The van der Waals surface area contributed by atoms with E-state index < -0.39 is 42.6 Å². The average Bonchev–Trinajstić information content (AvgIpc) is 2.66. The van der Waals surface area contributed by atoms with Crippen molar-refractivity contribution in [3.05, 3.63) is 22.6 Å². The molecule has 1 amide bonds. The van der Waals surface area contributed by atoms with E-state index in [1.807, 2.05) is 0 Å². The van der Waals surface area contributed by atoms with Gasteiger partial charge in [-0.25, -0.2) is 0 Å². The Morgan fingerprint density at radius 1 is 1.50 bits per heavy atom. The minimum absolute atomic E-state index is 0.111. The molecule has 1 saturated heterocycles. The Kier molecular flexibility index (Phi) is 4.14. The topological polar surface area (TPSA) is 134 Å². The third kappa shape index (κ3) is 2.70. The highest BCUT2D eigenvalue weighted by Crippen LogP contribution is 2.30.